The minimum Gasteiger partial charge on any atom is -0.437 e. The number of aromatic nitrogens is 5. The van der Waals surface area contributed by atoms with E-state index in [9.17, 15) is 0 Å². The third-order valence-electron chi connectivity index (χ3n) is 2.53. The summed E-state index contributed by atoms with van der Waals surface area (Å²) in [5.74, 6) is 1.08. The third-order valence-corrected chi connectivity index (χ3v) is 3.03. The molecule has 0 unspecified atom stereocenters. The van der Waals surface area contributed by atoms with Crippen molar-refractivity contribution < 1.29 is 4.74 Å². The molecular formula is C11H9BrN6O. The van der Waals surface area contributed by atoms with Crippen molar-refractivity contribution in [3.8, 4) is 11.6 Å². The first kappa shape index (κ1) is 12.0. The first-order valence-corrected chi connectivity index (χ1v) is 6.25. The van der Waals surface area contributed by atoms with Crippen LogP contribution < -0.4 is 10.5 Å². The first-order valence-electron chi connectivity index (χ1n) is 5.46. The molecule has 2 aromatic heterocycles. The number of halogens is 1. The Morgan fingerprint density at radius 2 is 2.21 bits per heavy atom. The maximum Gasteiger partial charge on any atom is 0.242 e. The second-order valence-electron chi connectivity index (χ2n) is 3.75. The van der Waals surface area contributed by atoms with Crippen molar-refractivity contribution in [1.29, 1.82) is 0 Å². The largest absolute Gasteiger partial charge is 0.437 e. The van der Waals surface area contributed by atoms with Crippen LogP contribution in [-0.2, 0) is 6.54 Å². The number of rotatable bonds is 3. The lowest BCUT2D eigenvalue weighted by Gasteiger charge is -2.10. The van der Waals surface area contributed by atoms with Gasteiger partial charge < -0.3 is 10.5 Å². The summed E-state index contributed by atoms with van der Waals surface area (Å²) in [4.78, 5) is 4.03. The minimum atomic E-state index is 0.369. The van der Waals surface area contributed by atoms with Gasteiger partial charge in [0.05, 0.1) is 12.4 Å². The van der Waals surface area contributed by atoms with Gasteiger partial charge in [-0.3, -0.25) is 4.98 Å². The van der Waals surface area contributed by atoms with Crippen molar-refractivity contribution in [1.82, 2.24) is 25.0 Å². The fourth-order valence-corrected chi connectivity index (χ4v) is 2.05. The van der Waals surface area contributed by atoms with Gasteiger partial charge in [-0.25, -0.2) is 0 Å². The van der Waals surface area contributed by atoms with Crippen molar-refractivity contribution in [3.63, 3.8) is 0 Å². The van der Waals surface area contributed by atoms with Gasteiger partial charge in [-0.2, -0.15) is 4.52 Å². The van der Waals surface area contributed by atoms with Crippen LogP contribution in [-0.4, -0.2) is 25.0 Å². The minimum absolute atomic E-state index is 0.369. The van der Waals surface area contributed by atoms with E-state index in [-0.39, 0.29) is 0 Å². The Morgan fingerprint density at radius 3 is 3.05 bits per heavy atom. The molecule has 0 fully saturated rings. The van der Waals surface area contributed by atoms with E-state index in [0.717, 1.165) is 10.0 Å². The molecule has 2 N–H and O–H groups in total. The number of nitrogens with zero attached hydrogens (tertiary/aromatic N) is 5. The van der Waals surface area contributed by atoms with Gasteiger partial charge in [0.25, 0.3) is 0 Å². The summed E-state index contributed by atoms with van der Waals surface area (Å²) in [6.45, 7) is 0.369. The summed E-state index contributed by atoms with van der Waals surface area (Å²) in [7, 11) is 0. The average Bonchev–Trinajstić information content (AvgIpc) is 2.90. The Labute approximate surface area is 116 Å². The molecule has 7 nitrogen and oxygen atoms in total. The maximum atomic E-state index is 5.78. The molecule has 0 saturated heterocycles. The molecule has 96 valence electrons. The molecule has 8 heteroatoms. The van der Waals surface area contributed by atoms with E-state index in [1.54, 1.807) is 12.4 Å². The fraction of sp³-hybridized carbons (Fsp3) is 0.0909. The molecule has 0 aliphatic heterocycles. The zero-order chi connectivity index (χ0) is 13.2. The summed E-state index contributed by atoms with van der Waals surface area (Å²) >= 11 is 3.40. The van der Waals surface area contributed by atoms with E-state index in [2.05, 4.69) is 36.4 Å². The number of benzene rings is 1. The molecule has 1 aromatic carbocycles. The summed E-state index contributed by atoms with van der Waals surface area (Å²) in [6, 6.07) is 5.61. The van der Waals surface area contributed by atoms with E-state index >= 15 is 0 Å². The van der Waals surface area contributed by atoms with E-state index < -0.39 is 0 Å². The van der Waals surface area contributed by atoms with Gasteiger partial charge in [-0.05, 0) is 28.6 Å². The number of ether oxygens (including phenoxy) is 1. The van der Waals surface area contributed by atoms with Crippen LogP contribution in [0.4, 0.5) is 0 Å². The Morgan fingerprint density at radius 1 is 1.32 bits per heavy atom. The number of tetrazole rings is 1. The SMILES string of the molecule is NCc1cc(Br)ccc1Oc1cncc2nnnn12. The topological polar surface area (TPSA) is 91.2 Å². The highest BCUT2D eigenvalue weighted by atomic mass is 79.9. The van der Waals surface area contributed by atoms with Gasteiger partial charge in [-0.1, -0.05) is 15.9 Å². The lowest BCUT2D eigenvalue weighted by molar-refractivity contribution is 0.437. The van der Waals surface area contributed by atoms with Crippen LogP contribution in [0.25, 0.3) is 5.65 Å². The molecule has 3 rings (SSSR count). The van der Waals surface area contributed by atoms with Crippen LogP contribution in [0, 0.1) is 0 Å². The molecule has 0 aliphatic rings. The molecule has 0 atom stereocenters. The molecular weight excluding hydrogens is 312 g/mol. The number of fused-ring (bicyclic) bond motifs is 1. The van der Waals surface area contributed by atoms with Gasteiger partial charge in [0, 0.05) is 16.6 Å². The Kier molecular flexibility index (Phi) is 3.10. The van der Waals surface area contributed by atoms with Crippen molar-refractivity contribution >= 4 is 21.6 Å². The van der Waals surface area contributed by atoms with Crippen LogP contribution in [0.5, 0.6) is 11.6 Å². The summed E-state index contributed by atoms with van der Waals surface area (Å²) in [6.07, 6.45) is 3.10. The summed E-state index contributed by atoms with van der Waals surface area (Å²) in [5, 5.41) is 11.2. The zero-order valence-electron chi connectivity index (χ0n) is 9.69. The lowest BCUT2D eigenvalue weighted by Crippen LogP contribution is -2.02. The van der Waals surface area contributed by atoms with E-state index in [1.807, 2.05) is 18.2 Å². The Bertz CT molecular complexity index is 728. The first-order chi connectivity index (χ1) is 9.28. The Balaban J connectivity index is 2.03. The quantitative estimate of drug-likeness (QED) is 0.787. The average molecular weight is 321 g/mol. The highest BCUT2D eigenvalue weighted by Crippen LogP contribution is 2.27. The van der Waals surface area contributed by atoms with Crippen LogP contribution in [0.15, 0.2) is 35.1 Å². The molecule has 0 amide bonds. The highest BCUT2D eigenvalue weighted by Gasteiger charge is 2.09. The van der Waals surface area contributed by atoms with E-state index in [1.165, 1.54) is 4.52 Å². The van der Waals surface area contributed by atoms with Crippen molar-refractivity contribution in [2.75, 3.05) is 0 Å². The van der Waals surface area contributed by atoms with Crippen molar-refractivity contribution in [3.05, 3.63) is 40.6 Å². The second-order valence-corrected chi connectivity index (χ2v) is 4.67. The standard InChI is InChI=1S/C11H9BrN6O/c12-8-1-2-9(7(3-8)4-13)19-11-6-14-5-10-15-16-17-18(10)11/h1-3,5-6H,4,13H2. The maximum absolute atomic E-state index is 5.78. The van der Waals surface area contributed by atoms with Gasteiger partial charge in [0.1, 0.15) is 5.75 Å². The second kappa shape index (κ2) is 4.90. The molecule has 2 heterocycles. The van der Waals surface area contributed by atoms with E-state index in [0.29, 0.717) is 23.8 Å². The summed E-state index contributed by atoms with van der Waals surface area (Å²) in [5.41, 5.74) is 7.09. The van der Waals surface area contributed by atoms with Crippen LogP contribution in [0.3, 0.4) is 0 Å². The molecule has 0 spiro atoms. The molecule has 0 saturated carbocycles. The van der Waals surface area contributed by atoms with E-state index in [4.69, 9.17) is 10.5 Å². The van der Waals surface area contributed by atoms with Crippen LogP contribution in [0.2, 0.25) is 0 Å². The molecule has 0 bridgehead atoms. The monoisotopic (exact) mass is 320 g/mol. The number of nitrogens with two attached hydrogens (primary N) is 1. The van der Waals surface area contributed by atoms with Crippen LogP contribution >= 0.6 is 15.9 Å². The van der Waals surface area contributed by atoms with Crippen molar-refractivity contribution in [2.45, 2.75) is 6.54 Å². The lowest BCUT2D eigenvalue weighted by atomic mass is 10.2. The number of hydrogen-bond acceptors (Lipinski definition) is 6. The third kappa shape index (κ3) is 2.27. The van der Waals surface area contributed by atoms with Gasteiger partial charge >= 0.3 is 0 Å². The summed E-state index contributed by atoms with van der Waals surface area (Å²) < 4.78 is 8.20. The normalized spacial score (nSPS) is 10.8. The number of hydrogen-bond donors (Lipinski definition) is 1. The molecule has 19 heavy (non-hydrogen) atoms. The smallest absolute Gasteiger partial charge is 0.242 e. The zero-order valence-corrected chi connectivity index (χ0v) is 11.3. The van der Waals surface area contributed by atoms with Crippen LogP contribution in [0.1, 0.15) is 5.56 Å². The van der Waals surface area contributed by atoms with Crippen molar-refractivity contribution in [2.24, 2.45) is 5.73 Å². The highest BCUT2D eigenvalue weighted by molar-refractivity contribution is 9.10. The fourth-order valence-electron chi connectivity index (χ4n) is 1.64. The molecule has 3 aromatic rings. The van der Waals surface area contributed by atoms with Gasteiger partial charge in [0.15, 0.2) is 0 Å². The predicted molar refractivity (Wildman–Crippen MR) is 70.7 cm³/mol. The Hall–Kier alpha value is -2.06. The molecule has 0 radical (unpaired) electrons. The predicted octanol–water partition coefficient (Wildman–Crippen LogP) is 1.53. The molecule has 0 aliphatic carbocycles. The van der Waals surface area contributed by atoms with Gasteiger partial charge in [0.2, 0.25) is 11.5 Å². The van der Waals surface area contributed by atoms with Gasteiger partial charge in [-0.15, -0.1) is 5.10 Å².